The average molecular weight is 292 g/mol. The standard InChI is InChI=1S/C15H14ClNOS/c16-14-7-6-13(19-14)15(18)17-9-8-12(10-17)11-4-2-1-3-5-11/h1-7,12H,8-10H2. The molecule has 1 aliphatic heterocycles. The van der Waals surface area contributed by atoms with Crippen molar-refractivity contribution >= 4 is 28.8 Å². The number of hydrogen-bond acceptors (Lipinski definition) is 2. The molecule has 1 saturated heterocycles. The van der Waals surface area contributed by atoms with Crippen LogP contribution in [0.15, 0.2) is 42.5 Å². The van der Waals surface area contributed by atoms with Crippen LogP contribution in [-0.4, -0.2) is 23.9 Å². The van der Waals surface area contributed by atoms with Crippen molar-refractivity contribution in [3.05, 3.63) is 57.2 Å². The first-order valence-electron chi connectivity index (χ1n) is 6.33. The first kappa shape index (κ1) is 12.7. The topological polar surface area (TPSA) is 20.3 Å². The van der Waals surface area contributed by atoms with Gasteiger partial charge in [-0.1, -0.05) is 41.9 Å². The van der Waals surface area contributed by atoms with Gasteiger partial charge in [-0.3, -0.25) is 4.79 Å². The lowest BCUT2D eigenvalue weighted by Crippen LogP contribution is -2.27. The molecule has 1 atom stereocenters. The molecule has 4 heteroatoms. The van der Waals surface area contributed by atoms with E-state index in [0.29, 0.717) is 10.3 Å². The van der Waals surface area contributed by atoms with Crippen LogP contribution < -0.4 is 0 Å². The number of likely N-dealkylation sites (tertiary alicyclic amines) is 1. The zero-order valence-corrected chi connectivity index (χ0v) is 12.0. The number of benzene rings is 1. The Kier molecular flexibility index (Phi) is 3.58. The van der Waals surface area contributed by atoms with Gasteiger partial charge in [0, 0.05) is 19.0 Å². The van der Waals surface area contributed by atoms with Gasteiger partial charge in [0.05, 0.1) is 9.21 Å². The number of rotatable bonds is 2. The van der Waals surface area contributed by atoms with E-state index in [1.807, 2.05) is 17.0 Å². The summed E-state index contributed by atoms with van der Waals surface area (Å²) < 4.78 is 0.669. The van der Waals surface area contributed by atoms with E-state index in [2.05, 4.69) is 24.3 Å². The van der Waals surface area contributed by atoms with E-state index in [-0.39, 0.29) is 5.91 Å². The highest BCUT2D eigenvalue weighted by atomic mass is 35.5. The van der Waals surface area contributed by atoms with Crippen LogP contribution in [0.4, 0.5) is 0 Å². The van der Waals surface area contributed by atoms with Crippen molar-refractivity contribution in [1.82, 2.24) is 4.90 Å². The maximum atomic E-state index is 12.3. The zero-order valence-electron chi connectivity index (χ0n) is 10.4. The minimum Gasteiger partial charge on any atom is -0.337 e. The maximum Gasteiger partial charge on any atom is 0.263 e. The van der Waals surface area contributed by atoms with Gasteiger partial charge < -0.3 is 4.90 Å². The van der Waals surface area contributed by atoms with Gasteiger partial charge in [0.25, 0.3) is 5.91 Å². The van der Waals surface area contributed by atoms with Gasteiger partial charge in [0.15, 0.2) is 0 Å². The molecule has 1 aromatic heterocycles. The Morgan fingerprint density at radius 1 is 1.21 bits per heavy atom. The van der Waals surface area contributed by atoms with Crippen molar-refractivity contribution in [2.24, 2.45) is 0 Å². The smallest absolute Gasteiger partial charge is 0.263 e. The van der Waals surface area contributed by atoms with E-state index in [1.54, 1.807) is 6.07 Å². The van der Waals surface area contributed by atoms with Gasteiger partial charge in [-0.15, -0.1) is 11.3 Å². The molecule has 1 aliphatic rings. The van der Waals surface area contributed by atoms with E-state index >= 15 is 0 Å². The average Bonchev–Trinajstić information content (AvgIpc) is 3.08. The second-order valence-corrected chi connectivity index (χ2v) is 6.47. The first-order chi connectivity index (χ1) is 9.24. The summed E-state index contributed by atoms with van der Waals surface area (Å²) in [6.07, 6.45) is 1.04. The Balaban J connectivity index is 1.71. The van der Waals surface area contributed by atoms with E-state index in [1.165, 1.54) is 16.9 Å². The first-order valence-corrected chi connectivity index (χ1v) is 7.53. The van der Waals surface area contributed by atoms with Crippen molar-refractivity contribution in [2.75, 3.05) is 13.1 Å². The van der Waals surface area contributed by atoms with Crippen LogP contribution in [0.25, 0.3) is 0 Å². The van der Waals surface area contributed by atoms with Crippen LogP contribution in [0.5, 0.6) is 0 Å². The van der Waals surface area contributed by atoms with Crippen molar-refractivity contribution in [1.29, 1.82) is 0 Å². The molecule has 0 N–H and O–H groups in total. The number of carbonyl (C=O) groups excluding carboxylic acids is 1. The number of hydrogen-bond donors (Lipinski definition) is 0. The Bertz CT molecular complexity index is 581. The predicted molar refractivity (Wildman–Crippen MR) is 79.0 cm³/mol. The molecular formula is C15H14ClNOS. The minimum absolute atomic E-state index is 0.107. The number of carbonyl (C=O) groups is 1. The molecule has 1 aromatic carbocycles. The molecule has 2 aromatic rings. The number of thiophene rings is 1. The van der Waals surface area contributed by atoms with Gasteiger partial charge in [-0.05, 0) is 24.1 Å². The third-order valence-corrected chi connectivity index (χ3v) is 4.75. The largest absolute Gasteiger partial charge is 0.337 e. The van der Waals surface area contributed by atoms with E-state index in [9.17, 15) is 4.79 Å². The second kappa shape index (κ2) is 5.35. The molecule has 1 unspecified atom stereocenters. The summed E-state index contributed by atoms with van der Waals surface area (Å²) in [4.78, 5) is 15.0. The molecule has 98 valence electrons. The van der Waals surface area contributed by atoms with Gasteiger partial charge in [0.1, 0.15) is 0 Å². The summed E-state index contributed by atoms with van der Waals surface area (Å²) >= 11 is 7.24. The third kappa shape index (κ3) is 2.67. The molecule has 2 heterocycles. The molecular weight excluding hydrogens is 278 g/mol. The lowest BCUT2D eigenvalue weighted by Gasteiger charge is -2.15. The Hall–Kier alpha value is -1.32. The number of amides is 1. The fraction of sp³-hybridized carbons (Fsp3) is 0.267. The van der Waals surface area contributed by atoms with Gasteiger partial charge in [-0.25, -0.2) is 0 Å². The van der Waals surface area contributed by atoms with E-state index in [4.69, 9.17) is 11.6 Å². The lowest BCUT2D eigenvalue weighted by molar-refractivity contribution is 0.0795. The number of nitrogens with zero attached hydrogens (tertiary/aromatic N) is 1. The molecule has 0 bridgehead atoms. The lowest BCUT2D eigenvalue weighted by atomic mass is 9.99. The van der Waals surface area contributed by atoms with Crippen LogP contribution in [0.3, 0.4) is 0 Å². The Labute approximate surface area is 121 Å². The fourth-order valence-electron chi connectivity index (χ4n) is 2.53. The number of halogens is 1. The monoisotopic (exact) mass is 291 g/mol. The van der Waals surface area contributed by atoms with Gasteiger partial charge in [0.2, 0.25) is 0 Å². The summed E-state index contributed by atoms with van der Waals surface area (Å²) in [5, 5.41) is 0. The normalized spacial score (nSPS) is 18.8. The molecule has 0 radical (unpaired) electrons. The quantitative estimate of drug-likeness (QED) is 0.818. The molecule has 1 fully saturated rings. The van der Waals surface area contributed by atoms with E-state index in [0.717, 1.165) is 24.4 Å². The summed E-state index contributed by atoms with van der Waals surface area (Å²) in [6.45, 7) is 1.63. The molecule has 0 saturated carbocycles. The minimum atomic E-state index is 0.107. The Morgan fingerprint density at radius 3 is 2.68 bits per heavy atom. The highest BCUT2D eigenvalue weighted by Gasteiger charge is 2.28. The molecule has 2 nitrogen and oxygen atoms in total. The fourth-order valence-corrected chi connectivity index (χ4v) is 3.54. The van der Waals surface area contributed by atoms with Crippen molar-refractivity contribution < 1.29 is 4.79 Å². The van der Waals surface area contributed by atoms with Crippen molar-refractivity contribution in [3.63, 3.8) is 0 Å². The summed E-state index contributed by atoms with van der Waals surface area (Å²) in [5.74, 6) is 0.566. The van der Waals surface area contributed by atoms with Crippen molar-refractivity contribution in [2.45, 2.75) is 12.3 Å². The SMILES string of the molecule is O=C(c1ccc(Cl)s1)N1CCC(c2ccccc2)C1. The van der Waals surface area contributed by atoms with Crippen LogP contribution in [0, 0.1) is 0 Å². The van der Waals surface area contributed by atoms with Crippen LogP contribution >= 0.6 is 22.9 Å². The van der Waals surface area contributed by atoms with Gasteiger partial charge >= 0.3 is 0 Å². The predicted octanol–water partition coefficient (Wildman–Crippen LogP) is 4.03. The highest BCUT2D eigenvalue weighted by molar-refractivity contribution is 7.17. The summed E-state index contributed by atoms with van der Waals surface area (Å²) in [6, 6.07) is 14.0. The second-order valence-electron chi connectivity index (χ2n) is 4.75. The molecule has 3 rings (SSSR count). The highest BCUT2D eigenvalue weighted by Crippen LogP contribution is 2.30. The van der Waals surface area contributed by atoms with Crippen LogP contribution in [0.2, 0.25) is 4.34 Å². The molecule has 0 spiro atoms. The Morgan fingerprint density at radius 2 is 2.00 bits per heavy atom. The van der Waals surface area contributed by atoms with E-state index < -0.39 is 0 Å². The third-order valence-electron chi connectivity index (χ3n) is 3.53. The summed E-state index contributed by atoms with van der Waals surface area (Å²) in [7, 11) is 0. The summed E-state index contributed by atoms with van der Waals surface area (Å²) in [5.41, 5.74) is 1.32. The zero-order chi connectivity index (χ0) is 13.2. The molecule has 0 aliphatic carbocycles. The molecule has 1 amide bonds. The molecule has 19 heavy (non-hydrogen) atoms. The van der Waals surface area contributed by atoms with Crippen LogP contribution in [-0.2, 0) is 0 Å². The van der Waals surface area contributed by atoms with Crippen LogP contribution in [0.1, 0.15) is 27.6 Å². The maximum absolute atomic E-state index is 12.3. The van der Waals surface area contributed by atoms with Crippen molar-refractivity contribution in [3.8, 4) is 0 Å². The van der Waals surface area contributed by atoms with Gasteiger partial charge in [-0.2, -0.15) is 0 Å².